The van der Waals surface area contributed by atoms with Gasteiger partial charge in [-0.25, -0.2) is 0 Å². The van der Waals surface area contributed by atoms with Crippen LogP contribution in [0.3, 0.4) is 0 Å². The molecule has 2 aromatic rings. The molecule has 0 spiro atoms. The quantitative estimate of drug-likeness (QED) is 0.729. The lowest BCUT2D eigenvalue weighted by Gasteiger charge is -2.14. The highest BCUT2D eigenvalue weighted by Gasteiger charge is 2.11. The van der Waals surface area contributed by atoms with Gasteiger partial charge in [-0.05, 0) is 36.2 Å². The summed E-state index contributed by atoms with van der Waals surface area (Å²) in [5.74, 6) is -0.345. The van der Waals surface area contributed by atoms with Gasteiger partial charge in [0, 0.05) is 17.7 Å². The summed E-state index contributed by atoms with van der Waals surface area (Å²) in [5.41, 5.74) is 2.05. The lowest BCUT2D eigenvalue weighted by atomic mass is 10.1. The zero-order valence-electron chi connectivity index (χ0n) is 13.7. The number of benzene rings is 2. The Morgan fingerprint density at radius 3 is 2.17 bits per heavy atom. The molecule has 24 heavy (non-hydrogen) atoms. The van der Waals surface area contributed by atoms with E-state index >= 15 is 0 Å². The summed E-state index contributed by atoms with van der Waals surface area (Å²) in [6.07, 6.45) is 0.672. The third-order valence-electron chi connectivity index (χ3n) is 3.75. The van der Waals surface area contributed by atoms with E-state index in [0.717, 1.165) is 5.56 Å². The fraction of sp³-hybridized carbons (Fsp3) is 0.263. The summed E-state index contributed by atoms with van der Waals surface area (Å²) in [5, 5.41) is 14.7. The molecule has 0 aromatic heterocycles. The normalized spacial score (nSPS) is 11.6. The summed E-state index contributed by atoms with van der Waals surface area (Å²) in [4.78, 5) is 24.0. The van der Waals surface area contributed by atoms with E-state index in [2.05, 4.69) is 10.6 Å². The number of carbonyl (C=O) groups excluding carboxylic acids is 2. The maximum absolute atomic E-state index is 12.0. The maximum Gasteiger partial charge on any atom is 0.251 e. The van der Waals surface area contributed by atoms with E-state index in [9.17, 15) is 9.59 Å². The predicted molar refractivity (Wildman–Crippen MR) is 92.7 cm³/mol. The van der Waals surface area contributed by atoms with Gasteiger partial charge >= 0.3 is 0 Å². The summed E-state index contributed by atoms with van der Waals surface area (Å²) in [7, 11) is 0. The lowest BCUT2D eigenvalue weighted by Crippen LogP contribution is -2.36. The Hall–Kier alpha value is -2.66. The van der Waals surface area contributed by atoms with Crippen LogP contribution in [0.25, 0.3) is 0 Å². The van der Waals surface area contributed by atoms with Crippen molar-refractivity contribution in [1.82, 2.24) is 10.6 Å². The second-order valence-corrected chi connectivity index (χ2v) is 5.51. The molecule has 0 saturated heterocycles. The highest BCUT2D eigenvalue weighted by Crippen LogP contribution is 2.06. The molecule has 2 rings (SSSR count). The molecule has 0 aliphatic rings. The molecular formula is C19H22N2O3. The summed E-state index contributed by atoms with van der Waals surface area (Å²) < 4.78 is 0. The van der Waals surface area contributed by atoms with Crippen molar-refractivity contribution in [1.29, 1.82) is 0 Å². The van der Waals surface area contributed by atoms with Gasteiger partial charge in [0.25, 0.3) is 11.8 Å². The number of nitrogens with one attached hydrogen (secondary N) is 2. The van der Waals surface area contributed by atoms with Gasteiger partial charge in [-0.1, -0.05) is 37.3 Å². The third-order valence-corrected chi connectivity index (χ3v) is 3.75. The second kappa shape index (κ2) is 8.84. The van der Waals surface area contributed by atoms with Crippen molar-refractivity contribution in [3.8, 4) is 0 Å². The fourth-order valence-electron chi connectivity index (χ4n) is 2.19. The zero-order valence-corrected chi connectivity index (χ0v) is 13.7. The minimum Gasteiger partial charge on any atom is -0.394 e. The molecule has 0 saturated carbocycles. The second-order valence-electron chi connectivity index (χ2n) is 5.51. The molecule has 126 valence electrons. The first kappa shape index (κ1) is 17.7. The number of hydrogen-bond acceptors (Lipinski definition) is 3. The summed E-state index contributed by atoms with van der Waals surface area (Å²) in [6, 6.07) is 15.8. The van der Waals surface area contributed by atoms with Crippen molar-refractivity contribution in [2.45, 2.75) is 25.9 Å². The molecule has 2 amide bonds. The lowest BCUT2D eigenvalue weighted by molar-refractivity contribution is 0.0913. The Labute approximate surface area is 141 Å². The van der Waals surface area contributed by atoms with Gasteiger partial charge in [-0.2, -0.15) is 0 Å². The largest absolute Gasteiger partial charge is 0.394 e. The van der Waals surface area contributed by atoms with Gasteiger partial charge < -0.3 is 15.7 Å². The third kappa shape index (κ3) is 4.93. The number of rotatable bonds is 7. The van der Waals surface area contributed by atoms with Crippen molar-refractivity contribution in [3.63, 3.8) is 0 Å². The first-order chi connectivity index (χ1) is 11.6. The van der Waals surface area contributed by atoms with Crippen LogP contribution in [0.2, 0.25) is 0 Å². The van der Waals surface area contributed by atoms with E-state index in [1.54, 1.807) is 36.4 Å². The van der Waals surface area contributed by atoms with Gasteiger partial charge in [0.15, 0.2) is 0 Å². The van der Waals surface area contributed by atoms with Gasteiger partial charge in [-0.15, -0.1) is 0 Å². The van der Waals surface area contributed by atoms with E-state index in [4.69, 9.17) is 5.11 Å². The topological polar surface area (TPSA) is 78.4 Å². The van der Waals surface area contributed by atoms with Gasteiger partial charge in [0.2, 0.25) is 0 Å². The molecule has 0 aliphatic carbocycles. The molecular weight excluding hydrogens is 304 g/mol. The van der Waals surface area contributed by atoms with Crippen LogP contribution in [0.5, 0.6) is 0 Å². The van der Waals surface area contributed by atoms with Crippen molar-refractivity contribution in [3.05, 3.63) is 71.3 Å². The molecule has 1 atom stereocenters. The standard InChI is InChI=1S/C19H22N2O3/c1-2-17(13-22)21-19(24)16-10-8-14(9-11-16)12-20-18(23)15-6-4-3-5-7-15/h3-11,17,22H,2,12-13H2,1H3,(H,20,23)(H,21,24). The number of amides is 2. The Kier molecular flexibility index (Phi) is 6.51. The fourth-order valence-corrected chi connectivity index (χ4v) is 2.19. The molecule has 3 N–H and O–H groups in total. The SMILES string of the molecule is CCC(CO)NC(=O)c1ccc(CNC(=O)c2ccccc2)cc1. The van der Waals surface area contributed by atoms with Crippen LogP contribution in [-0.2, 0) is 6.54 Å². The van der Waals surface area contributed by atoms with Crippen molar-refractivity contribution in [2.24, 2.45) is 0 Å². The van der Waals surface area contributed by atoms with E-state index in [0.29, 0.717) is 24.1 Å². The molecule has 0 heterocycles. The van der Waals surface area contributed by atoms with Crippen molar-refractivity contribution >= 4 is 11.8 Å². The maximum atomic E-state index is 12.0. The van der Waals surface area contributed by atoms with Gasteiger partial charge in [0.1, 0.15) is 0 Å². The highest BCUT2D eigenvalue weighted by molar-refractivity contribution is 5.95. The highest BCUT2D eigenvalue weighted by atomic mass is 16.3. The van der Waals surface area contributed by atoms with E-state index in [1.807, 2.05) is 25.1 Å². The molecule has 0 radical (unpaired) electrons. The number of carbonyl (C=O) groups is 2. The first-order valence-corrected chi connectivity index (χ1v) is 7.98. The van der Waals surface area contributed by atoms with Crippen LogP contribution in [0.1, 0.15) is 39.6 Å². The Morgan fingerprint density at radius 1 is 0.958 bits per heavy atom. The molecule has 2 aromatic carbocycles. The molecule has 0 fully saturated rings. The van der Waals surface area contributed by atoms with Crippen LogP contribution < -0.4 is 10.6 Å². The molecule has 0 aliphatic heterocycles. The van der Waals surface area contributed by atoms with E-state index < -0.39 is 0 Å². The Morgan fingerprint density at radius 2 is 1.58 bits per heavy atom. The molecule has 5 nitrogen and oxygen atoms in total. The smallest absolute Gasteiger partial charge is 0.251 e. The number of aliphatic hydroxyl groups excluding tert-OH is 1. The first-order valence-electron chi connectivity index (χ1n) is 7.98. The van der Waals surface area contributed by atoms with Crippen LogP contribution in [0, 0.1) is 0 Å². The summed E-state index contributed by atoms with van der Waals surface area (Å²) in [6.45, 7) is 2.22. The van der Waals surface area contributed by atoms with Crippen LogP contribution in [0.4, 0.5) is 0 Å². The number of hydrogen-bond donors (Lipinski definition) is 3. The average molecular weight is 326 g/mol. The summed E-state index contributed by atoms with van der Waals surface area (Å²) >= 11 is 0. The minimum absolute atomic E-state index is 0.0775. The van der Waals surface area contributed by atoms with E-state index in [-0.39, 0.29) is 24.5 Å². The van der Waals surface area contributed by atoms with Crippen LogP contribution in [0.15, 0.2) is 54.6 Å². The van der Waals surface area contributed by atoms with Crippen LogP contribution in [-0.4, -0.2) is 29.6 Å². The Bertz CT molecular complexity index is 665. The average Bonchev–Trinajstić information content (AvgIpc) is 2.65. The van der Waals surface area contributed by atoms with Crippen molar-refractivity contribution in [2.75, 3.05) is 6.61 Å². The predicted octanol–water partition coefficient (Wildman–Crippen LogP) is 2.12. The zero-order chi connectivity index (χ0) is 17.4. The van der Waals surface area contributed by atoms with E-state index in [1.165, 1.54) is 0 Å². The number of aliphatic hydroxyl groups is 1. The minimum atomic E-state index is -0.234. The molecule has 0 bridgehead atoms. The van der Waals surface area contributed by atoms with Crippen molar-refractivity contribution < 1.29 is 14.7 Å². The molecule has 1 unspecified atom stereocenters. The monoisotopic (exact) mass is 326 g/mol. The van der Waals surface area contributed by atoms with Crippen LogP contribution >= 0.6 is 0 Å². The Balaban J connectivity index is 1.90. The molecule has 5 heteroatoms. The van der Waals surface area contributed by atoms with Gasteiger partial charge in [0.05, 0.1) is 12.6 Å². The van der Waals surface area contributed by atoms with Gasteiger partial charge in [-0.3, -0.25) is 9.59 Å².